The largest absolute Gasteiger partial charge is 0.492 e. The van der Waals surface area contributed by atoms with E-state index in [0.717, 1.165) is 5.56 Å². The Balaban J connectivity index is 2.09. The normalized spacial score (nSPS) is 22.9. The van der Waals surface area contributed by atoms with Gasteiger partial charge in [0.1, 0.15) is 6.04 Å². The van der Waals surface area contributed by atoms with Crippen molar-refractivity contribution in [2.75, 3.05) is 34.5 Å². The Bertz CT molecular complexity index is 645. The van der Waals surface area contributed by atoms with Gasteiger partial charge in [0.15, 0.2) is 17.6 Å². The van der Waals surface area contributed by atoms with Crippen molar-refractivity contribution in [1.82, 2.24) is 0 Å². The number of likely N-dealkylation sites (N-methyl/N-ethyl adjacent to an activating group) is 1. The lowest BCUT2D eigenvalue weighted by atomic mass is 9.86. The molecule has 1 aromatic carbocycles. The molecule has 1 N–H and O–H groups in total. The van der Waals surface area contributed by atoms with E-state index in [1.165, 1.54) is 7.11 Å². The van der Waals surface area contributed by atoms with Crippen molar-refractivity contribution in [3.8, 4) is 17.2 Å². The molecule has 0 fully saturated rings. The molecule has 0 amide bonds. The van der Waals surface area contributed by atoms with Crippen LogP contribution in [0.2, 0.25) is 0 Å². The molecule has 8 heteroatoms. The van der Waals surface area contributed by atoms with Crippen LogP contribution in [0.1, 0.15) is 23.6 Å². The molecule has 3 rings (SSSR count). The predicted octanol–water partition coefficient (Wildman–Crippen LogP) is 2.41. The number of alkyl halides is 3. The van der Waals surface area contributed by atoms with Crippen molar-refractivity contribution in [3.05, 3.63) is 17.2 Å². The standard InChI is InChI=1S/C16H21F3NO4/c1-20(2)5-4-9-6-11-14(24-8-23-11)15(22-3)13(9)10(20)7-12(21)16(17,18)19/h6,10,12,21H,4-5,7-8H2,1-3H3/q+1/t10-,12+/m1/s1. The number of benzene rings is 1. The number of nitrogens with zero attached hydrogens (tertiary/aromatic N) is 1. The van der Waals surface area contributed by atoms with Gasteiger partial charge >= 0.3 is 6.18 Å². The highest BCUT2D eigenvalue weighted by Crippen LogP contribution is 2.52. The van der Waals surface area contributed by atoms with E-state index in [0.29, 0.717) is 40.3 Å². The Labute approximate surface area is 138 Å². The van der Waals surface area contributed by atoms with Gasteiger partial charge in [-0.15, -0.1) is 0 Å². The minimum Gasteiger partial charge on any atom is -0.492 e. The fourth-order valence-electron chi connectivity index (χ4n) is 3.51. The maximum atomic E-state index is 12.9. The van der Waals surface area contributed by atoms with Crippen LogP contribution in [0.3, 0.4) is 0 Å². The van der Waals surface area contributed by atoms with Gasteiger partial charge in [-0.3, -0.25) is 0 Å². The van der Waals surface area contributed by atoms with E-state index in [4.69, 9.17) is 14.2 Å². The Hall–Kier alpha value is -1.67. The van der Waals surface area contributed by atoms with Gasteiger partial charge in [-0.05, 0) is 11.6 Å². The van der Waals surface area contributed by atoms with Crippen molar-refractivity contribution >= 4 is 0 Å². The third-order valence-electron chi connectivity index (χ3n) is 4.91. The number of quaternary nitrogens is 1. The summed E-state index contributed by atoms with van der Waals surface area (Å²) in [6.07, 6.45) is -6.78. The van der Waals surface area contributed by atoms with E-state index in [1.54, 1.807) is 0 Å². The highest BCUT2D eigenvalue weighted by Gasteiger charge is 2.47. The highest BCUT2D eigenvalue weighted by atomic mass is 19.4. The van der Waals surface area contributed by atoms with Crippen LogP contribution in [0.5, 0.6) is 17.2 Å². The van der Waals surface area contributed by atoms with Crippen molar-refractivity contribution < 1.29 is 37.0 Å². The molecule has 24 heavy (non-hydrogen) atoms. The number of aliphatic hydroxyl groups excluding tert-OH is 1. The molecule has 0 bridgehead atoms. The fraction of sp³-hybridized carbons (Fsp3) is 0.625. The second kappa shape index (κ2) is 5.70. The molecule has 2 atom stereocenters. The zero-order valence-electron chi connectivity index (χ0n) is 13.8. The second-order valence-electron chi connectivity index (χ2n) is 6.78. The number of hydrogen-bond acceptors (Lipinski definition) is 4. The molecule has 0 saturated carbocycles. The minimum absolute atomic E-state index is 0.0582. The molecule has 0 saturated heterocycles. The molecular weight excluding hydrogens is 327 g/mol. The molecule has 0 radical (unpaired) electrons. The molecule has 2 aliphatic rings. The number of ether oxygens (including phenoxy) is 3. The predicted molar refractivity (Wildman–Crippen MR) is 79.2 cm³/mol. The minimum atomic E-state index is -4.65. The molecule has 0 aromatic heterocycles. The van der Waals surface area contributed by atoms with Crippen LogP contribution >= 0.6 is 0 Å². The van der Waals surface area contributed by atoms with Crippen molar-refractivity contribution in [1.29, 1.82) is 0 Å². The summed E-state index contributed by atoms with van der Waals surface area (Å²) >= 11 is 0. The number of halogens is 3. The zero-order valence-corrected chi connectivity index (χ0v) is 13.8. The monoisotopic (exact) mass is 348 g/mol. The average Bonchev–Trinajstić information content (AvgIpc) is 2.95. The van der Waals surface area contributed by atoms with Crippen molar-refractivity contribution in [2.24, 2.45) is 0 Å². The van der Waals surface area contributed by atoms with E-state index in [2.05, 4.69) is 0 Å². The molecule has 0 aliphatic carbocycles. The summed E-state index contributed by atoms with van der Waals surface area (Å²) in [5.74, 6) is 1.38. The molecule has 134 valence electrons. The summed E-state index contributed by atoms with van der Waals surface area (Å²) in [5.41, 5.74) is 1.55. The van der Waals surface area contributed by atoms with Gasteiger partial charge < -0.3 is 23.8 Å². The number of fused-ring (bicyclic) bond motifs is 2. The van der Waals surface area contributed by atoms with Crippen LogP contribution < -0.4 is 14.2 Å². The molecule has 0 spiro atoms. The molecular formula is C16H21F3NO4+. The van der Waals surface area contributed by atoms with E-state index < -0.39 is 24.7 Å². The lowest BCUT2D eigenvalue weighted by Crippen LogP contribution is -2.50. The van der Waals surface area contributed by atoms with Gasteiger partial charge in [0.2, 0.25) is 12.5 Å². The lowest BCUT2D eigenvalue weighted by molar-refractivity contribution is -0.924. The van der Waals surface area contributed by atoms with Gasteiger partial charge in [-0.1, -0.05) is 0 Å². The summed E-state index contributed by atoms with van der Waals surface area (Å²) in [6, 6.07) is 1.25. The first-order valence-corrected chi connectivity index (χ1v) is 7.72. The van der Waals surface area contributed by atoms with Crippen LogP contribution in [0, 0.1) is 0 Å². The topological polar surface area (TPSA) is 47.9 Å². The third-order valence-corrected chi connectivity index (χ3v) is 4.91. The van der Waals surface area contributed by atoms with Crippen LogP contribution in [0.25, 0.3) is 0 Å². The van der Waals surface area contributed by atoms with E-state index >= 15 is 0 Å². The molecule has 2 heterocycles. The van der Waals surface area contributed by atoms with Crippen LogP contribution in [-0.2, 0) is 6.42 Å². The molecule has 5 nitrogen and oxygen atoms in total. The first kappa shape index (κ1) is 17.2. The number of rotatable bonds is 3. The number of methoxy groups -OCH3 is 1. The number of aliphatic hydroxyl groups is 1. The van der Waals surface area contributed by atoms with Gasteiger partial charge in [-0.25, -0.2) is 0 Å². The highest BCUT2D eigenvalue weighted by molar-refractivity contribution is 5.61. The Morgan fingerprint density at radius 1 is 1.38 bits per heavy atom. The average molecular weight is 348 g/mol. The summed E-state index contributed by atoms with van der Waals surface area (Å²) in [7, 11) is 5.19. The Morgan fingerprint density at radius 3 is 2.71 bits per heavy atom. The van der Waals surface area contributed by atoms with E-state index in [-0.39, 0.29) is 6.79 Å². The Morgan fingerprint density at radius 2 is 2.08 bits per heavy atom. The summed E-state index contributed by atoms with van der Waals surface area (Å²) in [4.78, 5) is 0. The van der Waals surface area contributed by atoms with Crippen LogP contribution in [0.4, 0.5) is 13.2 Å². The van der Waals surface area contributed by atoms with Crippen molar-refractivity contribution in [2.45, 2.75) is 31.2 Å². The quantitative estimate of drug-likeness (QED) is 0.853. The maximum Gasteiger partial charge on any atom is 0.414 e. The Kier molecular flexibility index (Phi) is 4.08. The SMILES string of the molecule is COc1c2c(cc3c1[C@@H](C[C@H](O)C(F)(F)F)[N+](C)(C)CC3)OCO2. The molecule has 2 aliphatic heterocycles. The van der Waals surface area contributed by atoms with E-state index in [1.807, 2.05) is 20.2 Å². The third kappa shape index (κ3) is 2.77. The van der Waals surface area contributed by atoms with Crippen LogP contribution in [0.15, 0.2) is 6.07 Å². The number of hydrogen-bond donors (Lipinski definition) is 1. The van der Waals surface area contributed by atoms with Gasteiger partial charge in [0.05, 0.1) is 33.3 Å². The smallest absolute Gasteiger partial charge is 0.414 e. The van der Waals surface area contributed by atoms with Crippen LogP contribution in [-0.4, -0.2) is 56.4 Å². The second-order valence-corrected chi connectivity index (χ2v) is 6.78. The van der Waals surface area contributed by atoms with Gasteiger partial charge in [0, 0.05) is 12.8 Å². The first-order valence-electron chi connectivity index (χ1n) is 7.72. The lowest BCUT2D eigenvalue weighted by Gasteiger charge is -2.44. The molecule has 1 aromatic rings. The van der Waals surface area contributed by atoms with E-state index in [9.17, 15) is 18.3 Å². The van der Waals surface area contributed by atoms with Gasteiger partial charge in [-0.2, -0.15) is 13.2 Å². The van der Waals surface area contributed by atoms with Crippen molar-refractivity contribution in [3.63, 3.8) is 0 Å². The summed E-state index contributed by atoms with van der Waals surface area (Å²) in [6.45, 7) is 0.716. The summed E-state index contributed by atoms with van der Waals surface area (Å²) in [5, 5.41) is 9.62. The maximum absolute atomic E-state index is 12.9. The summed E-state index contributed by atoms with van der Waals surface area (Å²) < 4.78 is 55.3. The fourth-order valence-corrected chi connectivity index (χ4v) is 3.51. The molecule has 0 unspecified atom stereocenters. The first-order chi connectivity index (χ1) is 11.1. The van der Waals surface area contributed by atoms with Gasteiger partial charge in [0.25, 0.3) is 0 Å². The zero-order chi connectivity index (χ0) is 17.7.